The van der Waals surface area contributed by atoms with E-state index in [9.17, 15) is 4.39 Å². The molecule has 2 aromatic rings. The molecule has 0 saturated carbocycles. The monoisotopic (exact) mass is 289 g/mol. The van der Waals surface area contributed by atoms with Crippen molar-refractivity contribution < 1.29 is 4.39 Å². The third-order valence-corrected chi connectivity index (χ3v) is 3.42. The molecule has 2 rings (SSSR count). The second kappa shape index (κ2) is 5.60. The van der Waals surface area contributed by atoms with Gasteiger partial charge in [-0.05, 0) is 57.9 Å². The molecule has 0 radical (unpaired) electrons. The first kappa shape index (κ1) is 15.7. The Bertz CT molecular complexity index is 628. The minimum atomic E-state index is -0.135. The van der Waals surface area contributed by atoms with Gasteiger partial charge in [-0.2, -0.15) is 5.10 Å². The molecular formula is C17H24FN3. The molecule has 0 unspecified atom stereocenters. The summed E-state index contributed by atoms with van der Waals surface area (Å²) in [5.74, 6) is -0.135. The van der Waals surface area contributed by atoms with Gasteiger partial charge in [-0.15, -0.1) is 0 Å². The van der Waals surface area contributed by atoms with E-state index in [0.29, 0.717) is 11.1 Å². The van der Waals surface area contributed by atoms with Crippen molar-refractivity contribution in [2.24, 2.45) is 7.05 Å². The third kappa shape index (κ3) is 3.70. The average Bonchev–Trinajstić information content (AvgIpc) is 2.73. The van der Waals surface area contributed by atoms with Crippen molar-refractivity contribution in [1.29, 1.82) is 0 Å². The maximum Gasteiger partial charge on any atom is 0.129 e. The third-order valence-electron chi connectivity index (χ3n) is 3.42. The molecule has 0 bridgehead atoms. The number of nitrogens with zero attached hydrogens (tertiary/aromatic N) is 2. The van der Waals surface area contributed by atoms with Crippen LogP contribution in [0.1, 0.15) is 37.5 Å². The minimum Gasteiger partial charge on any atom is -0.308 e. The minimum absolute atomic E-state index is 0.0434. The highest BCUT2D eigenvalue weighted by molar-refractivity contribution is 5.64. The topological polar surface area (TPSA) is 29.9 Å². The Morgan fingerprint density at radius 3 is 2.29 bits per heavy atom. The van der Waals surface area contributed by atoms with Gasteiger partial charge < -0.3 is 5.32 Å². The fraction of sp³-hybridized carbons (Fsp3) is 0.471. The zero-order valence-electron chi connectivity index (χ0n) is 13.7. The summed E-state index contributed by atoms with van der Waals surface area (Å²) in [7, 11) is 1.91. The molecule has 1 aromatic carbocycles. The van der Waals surface area contributed by atoms with Crippen molar-refractivity contribution in [2.45, 2.75) is 46.7 Å². The largest absolute Gasteiger partial charge is 0.308 e. The first-order valence-corrected chi connectivity index (χ1v) is 7.22. The number of hydrogen-bond acceptors (Lipinski definition) is 2. The smallest absolute Gasteiger partial charge is 0.129 e. The Morgan fingerprint density at radius 1 is 1.19 bits per heavy atom. The van der Waals surface area contributed by atoms with E-state index < -0.39 is 0 Å². The fourth-order valence-corrected chi connectivity index (χ4v) is 2.35. The number of halogens is 1. The molecule has 0 amide bonds. The molecular weight excluding hydrogens is 265 g/mol. The summed E-state index contributed by atoms with van der Waals surface area (Å²) in [4.78, 5) is 0. The molecule has 4 heteroatoms. The highest BCUT2D eigenvalue weighted by atomic mass is 19.1. The number of aromatic nitrogens is 2. The van der Waals surface area contributed by atoms with Crippen LogP contribution in [-0.4, -0.2) is 15.3 Å². The molecule has 0 spiro atoms. The molecule has 1 aromatic heterocycles. The van der Waals surface area contributed by atoms with Crippen LogP contribution in [0, 0.1) is 19.7 Å². The summed E-state index contributed by atoms with van der Waals surface area (Å²) in [6.07, 6.45) is 2.02. The predicted molar refractivity (Wildman–Crippen MR) is 84.7 cm³/mol. The van der Waals surface area contributed by atoms with Gasteiger partial charge in [0.2, 0.25) is 0 Å². The Balaban J connectivity index is 2.40. The van der Waals surface area contributed by atoms with Crippen molar-refractivity contribution in [3.05, 3.63) is 40.8 Å². The van der Waals surface area contributed by atoms with Gasteiger partial charge in [0.25, 0.3) is 0 Å². The van der Waals surface area contributed by atoms with Crippen LogP contribution in [0.3, 0.4) is 0 Å². The van der Waals surface area contributed by atoms with Crippen LogP contribution in [0.15, 0.2) is 18.3 Å². The summed E-state index contributed by atoms with van der Waals surface area (Å²) in [5.41, 5.74) is 4.37. The van der Waals surface area contributed by atoms with Crippen LogP contribution < -0.4 is 5.32 Å². The Hall–Kier alpha value is -1.68. The van der Waals surface area contributed by atoms with Gasteiger partial charge in [-0.3, -0.25) is 4.68 Å². The van der Waals surface area contributed by atoms with Gasteiger partial charge in [0.05, 0.1) is 5.69 Å². The quantitative estimate of drug-likeness (QED) is 0.933. The van der Waals surface area contributed by atoms with Crippen LogP contribution in [-0.2, 0) is 13.6 Å². The van der Waals surface area contributed by atoms with Crippen LogP contribution >= 0.6 is 0 Å². The second-order valence-electron chi connectivity index (χ2n) is 6.70. The molecule has 0 aliphatic heterocycles. The fourth-order valence-electron chi connectivity index (χ4n) is 2.35. The highest BCUT2D eigenvalue weighted by Crippen LogP contribution is 2.26. The van der Waals surface area contributed by atoms with E-state index in [-0.39, 0.29) is 11.4 Å². The number of nitrogens with one attached hydrogen (secondary N) is 1. The second-order valence-corrected chi connectivity index (χ2v) is 6.70. The number of hydrogen-bond donors (Lipinski definition) is 1. The van der Waals surface area contributed by atoms with Gasteiger partial charge in [-0.25, -0.2) is 4.39 Å². The first-order chi connectivity index (χ1) is 9.67. The first-order valence-electron chi connectivity index (χ1n) is 7.22. The SMILES string of the molecule is Cc1cc(-c2nn(C)cc2CNC(C)(C)C)cc(C)c1F. The lowest BCUT2D eigenvalue weighted by Crippen LogP contribution is -2.35. The van der Waals surface area contributed by atoms with E-state index in [4.69, 9.17) is 0 Å². The molecule has 0 saturated heterocycles. The summed E-state index contributed by atoms with van der Waals surface area (Å²) in [5, 5.41) is 8.02. The van der Waals surface area contributed by atoms with Crippen LogP contribution in [0.2, 0.25) is 0 Å². The molecule has 114 valence electrons. The zero-order chi connectivity index (χ0) is 15.8. The van der Waals surface area contributed by atoms with Crippen LogP contribution in [0.4, 0.5) is 4.39 Å². The van der Waals surface area contributed by atoms with Crippen molar-refractivity contribution in [3.63, 3.8) is 0 Å². The van der Waals surface area contributed by atoms with Gasteiger partial charge in [-0.1, -0.05) is 0 Å². The van der Waals surface area contributed by atoms with Crippen molar-refractivity contribution >= 4 is 0 Å². The summed E-state index contributed by atoms with van der Waals surface area (Å²) in [6, 6.07) is 3.73. The molecule has 0 atom stereocenters. The number of aryl methyl sites for hydroxylation is 3. The van der Waals surface area contributed by atoms with Gasteiger partial charge >= 0.3 is 0 Å². The van der Waals surface area contributed by atoms with E-state index in [1.807, 2.05) is 30.1 Å². The van der Waals surface area contributed by atoms with Crippen LogP contribution in [0.5, 0.6) is 0 Å². The molecule has 0 aliphatic rings. The lowest BCUT2D eigenvalue weighted by molar-refractivity contribution is 0.424. The van der Waals surface area contributed by atoms with Crippen LogP contribution in [0.25, 0.3) is 11.3 Å². The lowest BCUT2D eigenvalue weighted by Gasteiger charge is -2.20. The maximum absolute atomic E-state index is 13.8. The predicted octanol–water partition coefficient (Wildman–Crippen LogP) is 3.73. The average molecular weight is 289 g/mol. The number of benzene rings is 1. The van der Waals surface area contributed by atoms with E-state index in [1.165, 1.54) is 0 Å². The molecule has 1 heterocycles. The van der Waals surface area contributed by atoms with Gasteiger partial charge in [0.15, 0.2) is 0 Å². The molecule has 0 fully saturated rings. The van der Waals surface area contributed by atoms with E-state index in [2.05, 4.69) is 31.2 Å². The normalized spacial score (nSPS) is 12.0. The zero-order valence-corrected chi connectivity index (χ0v) is 13.7. The van der Waals surface area contributed by atoms with E-state index in [1.54, 1.807) is 13.8 Å². The van der Waals surface area contributed by atoms with E-state index >= 15 is 0 Å². The highest BCUT2D eigenvalue weighted by Gasteiger charge is 2.15. The van der Waals surface area contributed by atoms with Crippen molar-refractivity contribution in [1.82, 2.24) is 15.1 Å². The molecule has 21 heavy (non-hydrogen) atoms. The lowest BCUT2D eigenvalue weighted by atomic mass is 10.0. The van der Waals surface area contributed by atoms with Gasteiger partial charge in [0.1, 0.15) is 5.82 Å². The van der Waals surface area contributed by atoms with E-state index in [0.717, 1.165) is 23.4 Å². The molecule has 3 nitrogen and oxygen atoms in total. The summed E-state index contributed by atoms with van der Waals surface area (Å²) < 4.78 is 15.6. The van der Waals surface area contributed by atoms with Crippen molar-refractivity contribution in [3.8, 4) is 11.3 Å². The molecule has 1 N–H and O–H groups in total. The standard InChI is InChI=1S/C17H24FN3/c1-11-7-13(8-12(2)15(11)18)16-14(10-21(6)20-16)9-19-17(3,4)5/h7-8,10,19H,9H2,1-6H3. The van der Waals surface area contributed by atoms with Crippen molar-refractivity contribution in [2.75, 3.05) is 0 Å². The molecule has 0 aliphatic carbocycles. The maximum atomic E-state index is 13.8. The Labute approximate surface area is 126 Å². The summed E-state index contributed by atoms with van der Waals surface area (Å²) in [6.45, 7) is 10.7. The number of rotatable bonds is 3. The summed E-state index contributed by atoms with van der Waals surface area (Å²) >= 11 is 0. The Morgan fingerprint density at radius 2 is 1.76 bits per heavy atom. The Kier molecular flexibility index (Phi) is 4.19. The van der Waals surface area contributed by atoms with Gasteiger partial charge in [0, 0.05) is 36.5 Å².